The first-order valence-corrected chi connectivity index (χ1v) is 9.21. The van der Waals surface area contributed by atoms with Gasteiger partial charge in [0.25, 0.3) is 5.91 Å². The lowest BCUT2D eigenvalue weighted by molar-refractivity contribution is 0.0701. The molecule has 1 aliphatic heterocycles. The Hall–Kier alpha value is -2.88. The van der Waals surface area contributed by atoms with E-state index < -0.39 is 17.5 Å². The number of β-amino-alcohol motifs (C(OH)–C–C–N with tert-alkyl or cyclic N) is 1. The molecule has 29 heavy (non-hydrogen) atoms. The van der Waals surface area contributed by atoms with Crippen LogP contribution in [0.15, 0.2) is 36.7 Å². The third-order valence-electron chi connectivity index (χ3n) is 5.18. The van der Waals surface area contributed by atoms with Crippen LogP contribution in [0.4, 0.5) is 8.78 Å². The van der Waals surface area contributed by atoms with Gasteiger partial charge in [-0.25, -0.2) is 19.2 Å². The number of hydrogen-bond donors (Lipinski definition) is 3. The molecule has 1 aliphatic rings. The van der Waals surface area contributed by atoms with Gasteiger partial charge in [-0.05, 0) is 24.1 Å². The summed E-state index contributed by atoms with van der Waals surface area (Å²) in [4.78, 5) is 17.9. The van der Waals surface area contributed by atoms with Crippen LogP contribution in [0.1, 0.15) is 28.0 Å². The molecule has 0 bridgehead atoms. The molecule has 0 aliphatic carbocycles. The van der Waals surface area contributed by atoms with E-state index in [0.717, 1.165) is 23.6 Å². The third kappa shape index (κ3) is 3.98. The normalized spacial score (nSPS) is 17.2. The molecule has 0 spiro atoms. The van der Waals surface area contributed by atoms with Crippen LogP contribution in [-0.2, 0) is 13.1 Å². The van der Waals surface area contributed by atoms with Gasteiger partial charge in [0.1, 0.15) is 17.3 Å². The van der Waals surface area contributed by atoms with E-state index in [4.69, 9.17) is 5.21 Å². The summed E-state index contributed by atoms with van der Waals surface area (Å²) in [6.45, 7) is 2.00. The quantitative estimate of drug-likeness (QED) is 0.449. The van der Waals surface area contributed by atoms with Gasteiger partial charge in [-0.15, -0.1) is 0 Å². The molecule has 152 valence electrons. The fourth-order valence-corrected chi connectivity index (χ4v) is 3.73. The summed E-state index contributed by atoms with van der Waals surface area (Å²) in [7, 11) is 0. The number of amides is 1. The molecule has 1 atom stereocenters. The number of aromatic nitrogens is 2. The van der Waals surface area contributed by atoms with Gasteiger partial charge in [-0.3, -0.25) is 14.9 Å². The average Bonchev–Trinajstić information content (AvgIpc) is 3.26. The van der Waals surface area contributed by atoms with Crippen LogP contribution in [0, 0.1) is 11.6 Å². The number of fused-ring (bicyclic) bond motifs is 1. The van der Waals surface area contributed by atoms with Crippen molar-refractivity contribution >= 4 is 16.8 Å². The largest absolute Gasteiger partial charge is 0.392 e. The SMILES string of the molecule is O=C(NO)c1cc2c(CN3CCC(O)C3)cn(Cc3ccc(F)cc3F)c2cn1. The number of pyridine rings is 1. The summed E-state index contributed by atoms with van der Waals surface area (Å²) in [5, 5.41) is 19.4. The summed E-state index contributed by atoms with van der Waals surface area (Å²) in [6.07, 6.45) is 3.66. The second-order valence-corrected chi connectivity index (χ2v) is 7.22. The van der Waals surface area contributed by atoms with Gasteiger partial charge < -0.3 is 9.67 Å². The van der Waals surface area contributed by atoms with E-state index in [9.17, 15) is 18.7 Å². The molecule has 3 N–H and O–H groups in total. The molecule has 1 aromatic carbocycles. The summed E-state index contributed by atoms with van der Waals surface area (Å²) >= 11 is 0. The highest BCUT2D eigenvalue weighted by Gasteiger charge is 2.22. The molecule has 0 saturated carbocycles. The minimum atomic E-state index is -0.730. The number of rotatable bonds is 5. The summed E-state index contributed by atoms with van der Waals surface area (Å²) in [5.74, 6) is -2.01. The molecular formula is C20H20F2N4O3. The first-order valence-electron chi connectivity index (χ1n) is 9.21. The zero-order valence-electron chi connectivity index (χ0n) is 15.5. The fourth-order valence-electron chi connectivity index (χ4n) is 3.73. The van der Waals surface area contributed by atoms with E-state index in [-0.39, 0.29) is 18.3 Å². The number of aliphatic hydroxyl groups is 1. The predicted molar refractivity (Wildman–Crippen MR) is 100 cm³/mol. The van der Waals surface area contributed by atoms with Crippen LogP contribution in [0.2, 0.25) is 0 Å². The van der Waals surface area contributed by atoms with Crippen LogP contribution < -0.4 is 5.48 Å². The lowest BCUT2D eigenvalue weighted by Gasteiger charge is -2.14. The van der Waals surface area contributed by atoms with Crippen molar-refractivity contribution in [3.8, 4) is 0 Å². The molecule has 9 heteroatoms. The highest BCUT2D eigenvalue weighted by Crippen LogP contribution is 2.26. The maximum Gasteiger partial charge on any atom is 0.293 e. The first kappa shape index (κ1) is 19.4. The van der Waals surface area contributed by atoms with Crippen molar-refractivity contribution in [3.63, 3.8) is 0 Å². The minimum absolute atomic E-state index is 0.0495. The summed E-state index contributed by atoms with van der Waals surface area (Å²) < 4.78 is 29.2. The number of carbonyl (C=O) groups is 1. The smallest absolute Gasteiger partial charge is 0.293 e. The number of nitrogens with zero attached hydrogens (tertiary/aromatic N) is 3. The van der Waals surface area contributed by atoms with Gasteiger partial charge in [0.05, 0.1) is 24.4 Å². The minimum Gasteiger partial charge on any atom is -0.392 e. The van der Waals surface area contributed by atoms with Crippen LogP contribution >= 0.6 is 0 Å². The molecule has 0 radical (unpaired) electrons. The number of aliphatic hydroxyl groups excluding tert-OH is 1. The Morgan fingerprint density at radius 3 is 2.76 bits per heavy atom. The molecule has 3 aromatic rings. The number of halogens is 2. The van der Waals surface area contributed by atoms with Crippen LogP contribution in [0.3, 0.4) is 0 Å². The topological polar surface area (TPSA) is 90.6 Å². The van der Waals surface area contributed by atoms with E-state index in [1.807, 2.05) is 6.20 Å². The Balaban J connectivity index is 1.74. The molecule has 1 amide bonds. The Bertz CT molecular complexity index is 1070. The molecule has 3 heterocycles. The Kier molecular flexibility index (Phi) is 5.27. The maximum atomic E-state index is 14.1. The van der Waals surface area contributed by atoms with E-state index in [1.54, 1.807) is 16.1 Å². The number of hydrogen-bond acceptors (Lipinski definition) is 5. The lowest BCUT2D eigenvalue weighted by Crippen LogP contribution is -2.21. The third-order valence-corrected chi connectivity index (χ3v) is 5.18. The number of benzene rings is 1. The van der Waals surface area contributed by atoms with Crippen LogP contribution in [-0.4, -0.2) is 49.9 Å². The zero-order valence-corrected chi connectivity index (χ0v) is 15.5. The van der Waals surface area contributed by atoms with E-state index in [0.29, 0.717) is 30.6 Å². The second-order valence-electron chi connectivity index (χ2n) is 7.22. The van der Waals surface area contributed by atoms with Crippen molar-refractivity contribution in [2.75, 3.05) is 13.1 Å². The Labute approximate surface area is 165 Å². The predicted octanol–water partition coefficient (Wildman–Crippen LogP) is 2.05. The Morgan fingerprint density at radius 1 is 1.24 bits per heavy atom. The van der Waals surface area contributed by atoms with Crippen LogP contribution in [0.5, 0.6) is 0 Å². The van der Waals surface area contributed by atoms with Gasteiger partial charge in [-0.2, -0.15) is 0 Å². The Morgan fingerprint density at radius 2 is 2.07 bits per heavy atom. The fraction of sp³-hybridized carbons (Fsp3) is 0.300. The highest BCUT2D eigenvalue weighted by atomic mass is 19.1. The molecule has 1 fully saturated rings. The monoisotopic (exact) mass is 402 g/mol. The first-order chi connectivity index (χ1) is 13.9. The van der Waals surface area contributed by atoms with Crippen molar-refractivity contribution in [1.29, 1.82) is 0 Å². The van der Waals surface area contributed by atoms with Gasteiger partial charge >= 0.3 is 0 Å². The molecular weight excluding hydrogens is 382 g/mol. The number of hydroxylamine groups is 1. The standard InChI is InChI=1S/C20H20F2N4O3/c21-14-2-1-12(17(22)5-14)9-26-10-13(8-25-4-3-15(27)11-25)16-6-18(20(28)24-29)23-7-19(16)26/h1-2,5-7,10,15,27,29H,3-4,8-9,11H2,(H,24,28). The number of nitrogens with one attached hydrogen (secondary N) is 1. The van der Waals surface area contributed by atoms with Crippen molar-refractivity contribution in [2.45, 2.75) is 25.6 Å². The highest BCUT2D eigenvalue weighted by molar-refractivity contribution is 5.96. The average molecular weight is 402 g/mol. The van der Waals surface area contributed by atoms with E-state index >= 15 is 0 Å². The number of carbonyl (C=O) groups excluding carboxylic acids is 1. The molecule has 7 nitrogen and oxygen atoms in total. The second kappa shape index (κ2) is 7.86. The van der Waals surface area contributed by atoms with Crippen molar-refractivity contribution in [1.82, 2.24) is 19.9 Å². The zero-order chi connectivity index (χ0) is 20.5. The van der Waals surface area contributed by atoms with Gasteiger partial charge in [0, 0.05) is 42.8 Å². The molecule has 2 aromatic heterocycles. The molecule has 1 saturated heterocycles. The van der Waals surface area contributed by atoms with Gasteiger partial charge in [0.2, 0.25) is 0 Å². The summed E-state index contributed by atoms with van der Waals surface area (Å²) in [6, 6.07) is 5.02. The van der Waals surface area contributed by atoms with Crippen molar-refractivity contribution < 1.29 is 23.9 Å². The molecule has 4 rings (SSSR count). The van der Waals surface area contributed by atoms with E-state index in [1.165, 1.54) is 18.3 Å². The van der Waals surface area contributed by atoms with Crippen molar-refractivity contribution in [2.24, 2.45) is 0 Å². The van der Waals surface area contributed by atoms with Gasteiger partial charge in [-0.1, -0.05) is 6.07 Å². The van der Waals surface area contributed by atoms with E-state index in [2.05, 4.69) is 9.88 Å². The van der Waals surface area contributed by atoms with Crippen molar-refractivity contribution in [3.05, 3.63) is 65.1 Å². The van der Waals surface area contributed by atoms with Crippen LogP contribution in [0.25, 0.3) is 10.9 Å². The molecule has 1 unspecified atom stereocenters. The maximum absolute atomic E-state index is 14.1. The van der Waals surface area contributed by atoms with Gasteiger partial charge in [0.15, 0.2) is 0 Å². The lowest BCUT2D eigenvalue weighted by atomic mass is 10.1. The number of likely N-dealkylation sites (tertiary alicyclic amines) is 1. The summed E-state index contributed by atoms with van der Waals surface area (Å²) in [5.41, 5.74) is 3.50.